The average molecular weight is 366 g/mol. The normalized spacial score (nSPS) is 17.3. The van der Waals surface area contributed by atoms with Gasteiger partial charge in [0.1, 0.15) is 12.1 Å². The van der Waals surface area contributed by atoms with Crippen molar-refractivity contribution in [2.45, 2.75) is 25.4 Å². The third-order valence-corrected chi connectivity index (χ3v) is 4.66. The molecule has 0 radical (unpaired) electrons. The Balaban J connectivity index is 1.52. The molecule has 0 spiro atoms. The molecule has 0 bridgehead atoms. The monoisotopic (exact) mass is 366 g/mol. The summed E-state index contributed by atoms with van der Waals surface area (Å²) in [5.41, 5.74) is 7.71. The highest BCUT2D eigenvalue weighted by atomic mass is 16.5. The van der Waals surface area contributed by atoms with E-state index in [1.807, 2.05) is 12.1 Å². The second-order valence-corrected chi connectivity index (χ2v) is 6.41. The Morgan fingerprint density at radius 2 is 2.15 bits per heavy atom. The van der Waals surface area contributed by atoms with Crippen LogP contribution in [0.25, 0.3) is 11.4 Å². The summed E-state index contributed by atoms with van der Waals surface area (Å²) in [6.45, 7) is 1.58. The molecular weight excluding hydrogens is 348 g/mol. The van der Waals surface area contributed by atoms with E-state index in [4.69, 9.17) is 15.4 Å². The summed E-state index contributed by atoms with van der Waals surface area (Å²) in [6, 6.07) is 6.91. The molecule has 9 heteroatoms. The van der Waals surface area contributed by atoms with Gasteiger partial charge in [-0.05, 0) is 37.1 Å². The largest absolute Gasteiger partial charge is 0.478 e. The van der Waals surface area contributed by atoms with Crippen LogP contribution in [0, 0.1) is 0 Å². The molecule has 4 rings (SSSR count). The number of carboxylic acids is 1. The lowest BCUT2D eigenvalue weighted by atomic mass is 10.1. The maximum absolute atomic E-state index is 11.0. The fraction of sp³-hybridized carbons (Fsp3) is 0.278. The Labute approximate surface area is 154 Å². The van der Waals surface area contributed by atoms with Crippen LogP contribution in [0.5, 0.6) is 0 Å². The topological polar surface area (TPSA) is 131 Å². The molecule has 1 aliphatic heterocycles. The van der Waals surface area contributed by atoms with E-state index in [1.165, 1.54) is 6.33 Å². The van der Waals surface area contributed by atoms with Crippen LogP contribution in [0.15, 0.2) is 41.3 Å². The van der Waals surface area contributed by atoms with Crippen molar-refractivity contribution in [2.75, 3.05) is 12.3 Å². The molecule has 27 heavy (non-hydrogen) atoms. The third-order valence-electron chi connectivity index (χ3n) is 4.66. The van der Waals surface area contributed by atoms with Crippen LogP contribution < -0.4 is 5.73 Å². The van der Waals surface area contributed by atoms with Crippen LogP contribution >= 0.6 is 0 Å². The van der Waals surface area contributed by atoms with Crippen LogP contribution in [-0.4, -0.2) is 42.6 Å². The van der Waals surface area contributed by atoms with Gasteiger partial charge in [0.2, 0.25) is 11.7 Å². The molecule has 3 heterocycles. The highest BCUT2D eigenvalue weighted by Crippen LogP contribution is 2.33. The van der Waals surface area contributed by atoms with Crippen molar-refractivity contribution in [2.24, 2.45) is 0 Å². The molecule has 0 aliphatic carbocycles. The van der Waals surface area contributed by atoms with Crippen molar-refractivity contribution in [3.05, 3.63) is 53.8 Å². The number of anilines is 1. The number of nitrogens with zero attached hydrogens (tertiary/aromatic N) is 5. The molecule has 138 valence electrons. The number of benzene rings is 1. The minimum atomic E-state index is -0.928. The van der Waals surface area contributed by atoms with Gasteiger partial charge in [0, 0.05) is 12.7 Å². The van der Waals surface area contributed by atoms with Crippen LogP contribution in [-0.2, 0) is 6.54 Å². The van der Waals surface area contributed by atoms with E-state index in [2.05, 4.69) is 25.0 Å². The van der Waals surface area contributed by atoms with Gasteiger partial charge in [-0.3, -0.25) is 4.90 Å². The fourth-order valence-corrected chi connectivity index (χ4v) is 3.27. The van der Waals surface area contributed by atoms with Crippen molar-refractivity contribution < 1.29 is 14.4 Å². The van der Waals surface area contributed by atoms with Crippen LogP contribution in [0.1, 0.15) is 40.7 Å². The standard InChI is InChI=1S/C18H18N6O3/c19-15-13(8-20-10-21-15)16-22-17(27-23-16)14-2-1-7-24(14)9-11-3-5-12(6-4-11)18(25)26/h3-6,8,10,14H,1-2,7,9H2,(H,25,26)(H2,19,20,21). The number of carbonyl (C=O) groups is 1. The van der Waals surface area contributed by atoms with Crippen molar-refractivity contribution in [3.63, 3.8) is 0 Å². The summed E-state index contributed by atoms with van der Waals surface area (Å²) in [5.74, 6) is 0.288. The van der Waals surface area contributed by atoms with E-state index in [0.29, 0.717) is 29.6 Å². The predicted molar refractivity (Wildman–Crippen MR) is 95.5 cm³/mol. The van der Waals surface area contributed by atoms with E-state index in [0.717, 1.165) is 24.9 Å². The summed E-state index contributed by atoms with van der Waals surface area (Å²) in [5, 5.41) is 13.0. The molecule has 2 aromatic heterocycles. The number of nitrogens with two attached hydrogens (primary N) is 1. The number of rotatable bonds is 5. The first-order chi connectivity index (χ1) is 13.1. The second kappa shape index (κ2) is 7.12. The third kappa shape index (κ3) is 3.49. The zero-order valence-corrected chi connectivity index (χ0v) is 14.4. The van der Waals surface area contributed by atoms with Crippen molar-refractivity contribution in [1.82, 2.24) is 25.0 Å². The maximum atomic E-state index is 11.0. The Morgan fingerprint density at radius 1 is 1.33 bits per heavy atom. The first kappa shape index (κ1) is 17.1. The Morgan fingerprint density at radius 3 is 2.89 bits per heavy atom. The maximum Gasteiger partial charge on any atom is 0.335 e. The van der Waals surface area contributed by atoms with Gasteiger partial charge < -0.3 is 15.4 Å². The predicted octanol–water partition coefficient (Wildman–Crippen LogP) is 2.14. The van der Waals surface area contributed by atoms with Crippen LogP contribution in [0.3, 0.4) is 0 Å². The number of likely N-dealkylation sites (tertiary alicyclic amines) is 1. The second-order valence-electron chi connectivity index (χ2n) is 6.41. The summed E-state index contributed by atoms with van der Waals surface area (Å²) in [4.78, 5) is 25.6. The fourth-order valence-electron chi connectivity index (χ4n) is 3.27. The summed E-state index contributed by atoms with van der Waals surface area (Å²) in [6.07, 6.45) is 4.86. The Hall–Kier alpha value is -3.33. The quantitative estimate of drug-likeness (QED) is 0.697. The molecule has 9 nitrogen and oxygen atoms in total. The summed E-state index contributed by atoms with van der Waals surface area (Å²) in [7, 11) is 0. The van der Waals surface area contributed by atoms with Gasteiger partial charge in [-0.2, -0.15) is 4.98 Å². The van der Waals surface area contributed by atoms with E-state index >= 15 is 0 Å². The Kier molecular flexibility index (Phi) is 4.51. The van der Waals surface area contributed by atoms with Gasteiger partial charge >= 0.3 is 5.97 Å². The highest BCUT2D eigenvalue weighted by Gasteiger charge is 2.31. The van der Waals surface area contributed by atoms with Crippen molar-refractivity contribution in [1.29, 1.82) is 0 Å². The van der Waals surface area contributed by atoms with E-state index in [9.17, 15) is 4.79 Å². The molecule has 1 aromatic carbocycles. The van der Waals surface area contributed by atoms with E-state index in [-0.39, 0.29) is 11.6 Å². The molecule has 0 amide bonds. The van der Waals surface area contributed by atoms with Crippen molar-refractivity contribution >= 4 is 11.8 Å². The molecular formula is C18H18N6O3. The molecule has 3 aromatic rings. The van der Waals surface area contributed by atoms with Gasteiger partial charge in [0.05, 0.1) is 17.2 Å². The van der Waals surface area contributed by atoms with E-state index < -0.39 is 5.97 Å². The zero-order valence-electron chi connectivity index (χ0n) is 14.4. The lowest BCUT2D eigenvalue weighted by molar-refractivity contribution is 0.0697. The van der Waals surface area contributed by atoms with Crippen LogP contribution in [0.2, 0.25) is 0 Å². The molecule has 3 N–H and O–H groups in total. The molecule has 1 fully saturated rings. The number of aromatic carboxylic acids is 1. The SMILES string of the molecule is Nc1ncncc1-c1noc(C2CCCN2Cc2ccc(C(=O)O)cc2)n1. The van der Waals surface area contributed by atoms with Crippen LogP contribution in [0.4, 0.5) is 5.82 Å². The van der Waals surface area contributed by atoms with Gasteiger partial charge in [-0.25, -0.2) is 14.8 Å². The first-order valence-corrected chi connectivity index (χ1v) is 8.57. The van der Waals surface area contributed by atoms with Gasteiger partial charge in [0.25, 0.3) is 0 Å². The molecule has 1 saturated heterocycles. The average Bonchev–Trinajstić information content (AvgIpc) is 3.32. The Bertz CT molecular complexity index is 956. The van der Waals surface area contributed by atoms with Gasteiger partial charge in [0.15, 0.2) is 0 Å². The molecule has 0 saturated carbocycles. The minimum Gasteiger partial charge on any atom is -0.478 e. The van der Waals surface area contributed by atoms with Gasteiger partial charge in [-0.1, -0.05) is 17.3 Å². The number of aromatic nitrogens is 4. The minimum absolute atomic E-state index is 0.0104. The van der Waals surface area contributed by atoms with E-state index in [1.54, 1.807) is 18.3 Å². The smallest absolute Gasteiger partial charge is 0.335 e. The first-order valence-electron chi connectivity index (χ1n) is 8.57. The number of nitrogen functional groups attached to an aromatic ring is 1. The summed E-state index contributed by atoms with van der Waals surface area (Å²) < 4.78 is 5.48. The lowest BCUT2D eigenvalue weighted by Gasteiger charge is -2.21. The molecule has 1 unspecified atom stereocenters. The number of hydrogen-bond acceptors (Lipinski definition) is 8. The van der Waals surface area contributed by atoms with Crippen molar-refractivity contribution in [3.8, 4) is 11.4 Å². The zero-order chi connectivity index (χ0) is 18.8. The molecule has 1 atom stereocenters. The lowest BCUT2D eigenvalue weighted by Crippen LogP contribution is -2.23. The highest BCUT2D eigenvalue weighted by molar-refractivity contribution is 5.87. The number of hydrogen-bond donors (Lipinski definition) is 2. The number of carboxylic acid groups (broad SMARTS) is 1. The van der Waals surface area contributed by atoms with Gasteiger partial charge in [-0.15, -0.1) is 0 Å². The summed E-state index contributed by atoms with van der Waals surface area (Å²) >= 11 is 0. The molecule has 1 aliphatic rings.